The highest BCUT2D eigenvalue weighted by Crippen LogP contribution is 2.39. The first kappa shape index (κ1) is 34.9. The van der Waals surface area contributed by atoms with Gasteiger partial charge in [0.05, 0.1) is 31.0 Å². The second-order valence-electron chi connectivity index (χ2n) is 13.7. The molecule has 3 fully saturated rings. The van der Waals surface area contributed by atoms with E-state index in [4.69, 9.17) is 19.9 Å². The van der Waals surface area contributed by atoms with E-state index in [0.29, 0.717) is 75.3 Å². The Labute approximate surface area is 265 Å². The van der Waals surface area contributed by atoms with Crippen molar-refractivity contribution in [3.63, 3.8) is 0 Å². The van der Waals surface area contributed by atoms with Crippen molar-refractivity contribution in [2.75, 3.05) is 45.9 Å². The number of benzene rings is 1. The Balaban J connectivity index is 1.37. The van der Waals surface area contributed by atoms with Gasteiger partial charge in [-0.1, -0.05) is 6.92 Å². The lowest BCUT2D eigenvalue weighted by Crippen LogP contribution is -2.60. The minimum Gasteiger partial charge on any atom is -0.507 e. The van der Waals surface area contributed by atoms with Gasteiger partial charge in [0, 0.05) is 44.7 Å². The number of morpholine rings is 1. The summed E-state index contributed by atoms with van der Waals surface area (Å²) in [5.41, 5.74) is 4.45. The Morgan fingerprint density at radius 1 is 1.20 bits per heavy atom. The maximum absolute atomic E-state index is 12.7. The second kappa shape index (κ2) is 13.8. The molecule has 252 valence electrons. The summed E-state index contributed by atoms with van der Waals surface area (Å²) in [6.07, 6.45) is 0.0704. The van der Waals surface area contributed by atoms with Gasteiger partial charge in [-0.15, -0.1) is 0 Å². The van der Waals surface area contributed by atoms with Crippen LogP contribution in [0.2, 0.25) is 0 Å². The summed E-state index contributed by atoms with van der Waals surface area (Å²) in [6, 6.07) is 3.18. The third-order valence-corrected chi connectivity index (χ3v) is 9.43. The number of aryl methyl sites for hydroxylation is 2. The molecule has 0 aromatic heterocycles. The summed E-state index contributed by atoms with van der Waals surface area (Å²) in [7, 11) is 0. The Kier molecular flexibility index (Phi) is 10.7. The van der Waals surface area contributed by atoms with E-state index in [1.807, 2.05) is 6.92 Å². The molecule has 13 nitrogen and oxygen atoms in total. The lowest BCUT2D eigenvalue weighted by molar-refractivity contribution is -0.199. The molecule has 5 atom stereocenters. The molecule has 3 saturated heterocycles. The van der Waals surface area contributed by atoms with Crippen molar-refractivity contribution in [1.82, 2.24) is 15.1 Å². The number of hydrogen-bond acceptors (Lipinski definition) is 10. The molecule has 0 radical (unpaired) electrons. The number of hydrogen-bond donors (Lipinski definition) is 5. The van der Waals surface area contributed by atoms with Crippen molar-refractivity contribution in [2.24, 2.45) is 11.7 Å². The number of carboxylic acids is 1. The number of carbonyl (C=O) groups is 3. The molecule has 13 heteroatoms. The van der Waals surface area contributed by atoms with Gasteiger partial charge in [0.2, 0.25) is 0 Å². The maximum Gasteiger partial charge on any atom is 0.411 e. The second-order valence-corrected chi connectivity index (χ2v) is 13.7. The summed E-state index contributed by atoms with van der Waals surface area (Å²) >= 11 is 0. The highest BCUT2D eigenvalue weighted by Gasteiger charge is 2.50. The fourth-order valence-corrected chi connectivity index (χ4v) is 6.70. The number of amides is 2. The van der Waals surface area contributed by atoms with Crippen molar-refractivity contribution in [2.45, 2.75) is 95.8 Å². The molecule has 3 unspecified atom stereocenters. The van der Waals surface area contributed by atoms with E-state index >= 15 is 0 Å². The van der Waals surface area contributed by atoms with Crippen molar-refractivity contribution >= 4 is 18.0 Å². The summed E-state index contributed by atoms with van der Waals surface area (Å²) < 4.78 is 17.6. The van der Waals surface area contributed by atoms with E-state index in [1.165, 1.54) is 0 Å². The van der Waals surface area contributed by atoms with Crippen LogP contribution in [0.5, 0.6) is 5.75 Å². The highest BCUT2D eigenvalue weighted by molar-refractivity contribution is 5.94. The van der Waals surface area contributed by atoms with Crippen LogP contribution < -0.4 is 11.1 Å². The van der Waals surface area contributed by atoms with Gasteiger partial charge < -0.3 is 39.7 Å². The zero-order valence-electron chi connectivity index (χ0n) is 27.1. The molecular formula is C32H50N4O9. The Morgan fingerprint density at radius 2 is 1.89 bits per heavy atom. The summed E-state index contributed by atoms with van der Waals surface area (Å²) in [5, 5.41) is 34.0. The van der Waals surface area contributed by atoms with Crippen molar-refractivity contribution in [3.05, 3.63) is 28.8 Å². The van der Waals surface area contributed by atoms with Crippen molar-refractivity contribution in [1.29, 1.82) is 0 Å². The molecule has 3 heterocycles. The summed E-state index contributed by atoms with van der Waals surface area (Å²) in [6.45, 7) is 11.4. The Morgan fingerprint density at radius 3 is 2.53 bits per heavy atom. The maximum atomic E-state index is 12.7. The summed E-state index contributed by atoms with van der Waals surface area (Å²) in [5.74, 6) is -1.25. The minimum absolute atomic E-state index is 0.0150. The van der Waals surface area contributed by atoms with Crippen molar-refractivity contribution in [3.8, 4) is 5.75 Å². The first-order chi connectivity index (χ1) is 21.0. The quantitative estimate of drug-likeness (QED) is 0.238. The van der Waals surface area contributed by atoms with Gasteiger partial charge in [-0.25, -0.2) is 9.59 Å². The molecule has 1 aromatic rings. The fraction of sp³-hybridized carbons (Fsp3) is 0.719. The highest BCUT2D eigenvalue weighted by atomic mass is 16.6. The van der Waals surface area contributed by atoms with Gasteiger partial charge in [0.15, 0.2) is 11.3 Å². The van der Waals surface area contributed by atoms with Crippen LogP contribution in [0.25, 0.3) is 0 Å². The SMILES string of the molecule is Cc1cc(C(=O)NCC(O)C[C@@H]2O[C@@](CCN3CCOCC34CCN(C(=O)OC(C)(C)N)C4)(C(=O)O)CCC2C)cc(C)c1O. The number of aliphatic carboxylic acids is 1. The number of aliphatic hydroxyl groups is 1. The number of nitrogens with one attached hydrogen (secondary N) is 1. The molecule has 3 aliphatic rings. The molecule has 0 bridgehead atoms. The lowest BCUT2D eigenvalue weighted by Gasteiger charge is -2.47. The van der Waals surface area contributed by atoms with Crippen LogP contribution in [0, 0.1) is 19.8 Å². The molecule has 6 N–H and O–H groups in total. The van der Waals surface area contributed by atoms with Gasteiger partial charge in [-0.3, -0.25) is 15.4 Å². The van der Waals surface area contributed by atoms with Crippen LogP contribution in [0.3, 0.4) is 0 Å². The van der Waals surface area contributed by atoms with Crippen LogP contribution in [0.15, 0.2) is 12.1 Å². The number of carbonyl (C=O) groups excluding carboxylic acids is 2. The number of carboxylic acid groups (broad SMARTS) is 1. The van der Waals surface area contributed by atoms with Gasteiger partial charge in [0.25, 0.3) is 5.91 Å². The molecule has 2 amide bonds. The number of rotatable bonds is 10. The van der Waals surface area contributed by atoms with E-state index < -0.39 is 41.1 Å². The molecule has 45 heavy (non-hydrogen) atoms. The molecular weight excluding hydrogens is 584 g/mol. The smallest absolute Gasteiger partial charge is 0.411 e. The minimum atomic E-state index is -1.43. The number of ether oxygens (including phenoxy) is 3. The van der Waals surface area contributed by atoms with E-state index in [0.717, 1.165) is 0 Å². The van der Waals surface area contributed by atoms with E-state index in [1.54, 1.807) is 44.7 Å². The topological polar surface area (TPSA) is 184 Å². The van der Waals surface area contributed by atoms with Crippen LogP contribution in [0.1, 0.15) is 74.4 Å². The molecule has 0 saturated carbocycles. The van der Waals surface area contributed by atoms with Crippen LogP contribution >= 0.6 is 0 Å². The average Bonchev–Trinajstić information content (AvgIpc) is 3.39. The molecule has 4 rings (SSSR count). The third kappa shape index (κ3) is 8.25. The number of likely N-dealkylation sites (tertiary alicyclic amines) is 1. The fourth-order valence-electron chi connectivity index (χ4n) is 6.70. The zero-order chi connectivity index (χ0) is 33.2. The standard InChI is InChI=1S/C32H50N4O9/c1-20-6-7-32(28(40)41,44-25(20)16-24(37)17-34-27(39)23-14-21(2)26(38)22(3)15-23)9-11-36-12-13-43-19-31(36)8-10-35(18-31)29(42)45-30(4,5)33/h14-15,20,24-25,37-38H,6-13,16-19,33H2,1-5H3,(H,34,39)(H,40,41)/t20?,24?,25-,31?,32-/m0/s1. The summed E-state index contributed by atoms with van der Waals surface area (Å²) in [4.78, 5) is 42.0. The number of nitrogens with zero attached hydrogens (tertiary/aromatic N) is 2. The number of aliphatic hydroxyl groups excluding tert-OH is 1. The number of phenols is 1. The van der Waals surface area contributed by atoms with Crippen LogP contribution in [0.4, 0.5) is 4.79 Å². The van der Waals surface area contributed by atoms with E-state index in [-0.39, 0.29) is 37.0 Å². The Bertz CT molecular complexity index is 1230. The van der Waals surface area contributed by atoms with Gasteiger partial charge in [-0.05, 0) is 82.6 Å². The van der Waals surface area contributed by atoms with Gasteiger partial charge in [-0.2, -0.15) is 0 Å². The predicted molar refractivity (Wildman–Crippen MR) is 165 cm³/mol. The van der Waals surface area contributed by atoms with Crippen molar-refractivity contribution < 1.29 is 43.9 Å². The average molecular weight is 635 g/mol. The van der Waals surface area contributed by atoms with E-state index in [2.05, 4.69) is 10.2 Å². The van der Waals surface area contributed by atoms with Gasteiger partial charge in [0.1, 0.15) is 5.75 Å². The monoisotopic (exact) mass is 634 g/mol. The third-order valence-electron chi connectivity index (χ3n) is 9.43. The lowest BCUT2D eigenvalue weighted by atomic mass is 9.81. The predicted octanol–water partition coefficient (Wildman–Crippen LogP) is 2.13. The van der Waals surface area contributed by atoms with Crippen LogP contribution in [-0.2, 0) is 19.0 Å². The normalized spacial score (nSPS) is 28.2. The van der Waals surface area contributed by atoms with Crippen LogP contribution in [-0.4, -0.2) is 118 Å². The molecule has 1 aromatic carbocycles. The number of nitrogens with two attached hydrogens (primary N) is 1. The first-order valence-corrected chi connectivity index (χ1v) is 15.8. The Hall–Kier alpha value is -2.97. The first-order valence-electron chi connectivity index (χ1n) is 15.8. The zero-order valence-corrected chi connectivity index (χ0v) is 27.1. The largest absolute Gasteiger partial charge is 0.507 e. The molecule has 3 aliphatic heterocycles. The molecule has 0 aliphatic carbocycles. The number of aromatic hydroxyl groups is 1. The van der Waals surface area contributed by atoms with E-state index in [9.17, 15) is 29.7 Å². The molecule has 1 spiro atoms. The number of phenolic OH excluding ortho intramolecular Hbond substituents is 1. The van der Waals surface area contributed by atoms with Gasteiger partial charge >= 0.3 is 12.1 Å².